The van der Waals surface area contributed by atoms with Gasteiger partial charge in [0.15, 0.2) is 9.84 Å². The van der Waals surface area contributed by atoms with Crippen LogP contribution >= 0.6 is 0 Å². The molecule has 1 heterocycles. The molecule has 2 atom stereocenters. The Hall–Kier alpha value is -3.43. The largest absolute Gasteiger partial charge is 0.491 e. The molecule has 2 aliphatic carbocycles. The van der Waals surface area contributed by atoms with Gasteiger partial charge >= 0.3 is 5.97 Å². The van der Waals surface area contributed by atoms with Gasteiger partial charge in [-0.3, -0.25) is 4.79 Å². The molecule has 3 aromatic rings. The van der Waals surface area contributed by atoms with E-state index in [1.165, 1.54) is 0 Å². The number of aliphatic hydroxyl groups is 1. The maximum atomic E-state index is 15.1. The van der Waals surface area contributed by atoms with E-state index in [0.29, 0.717) is 23.5 Å². The predicted molar refractivity (Wildman–Crippen MR) is 151 cm³/mol. The van der Waals surface area contributed by atoms with E-state index in [1.54, 1.807) is 18.2 Å². The van der Waals surface area contributed by atoms with Crippen LogP contribution in [-0.2, 0) is 34.1 Å². The van der Waals surface area contributed by atoms with Gasteiger partial charge in [0.05, 0.1) is 17.4 Å². The first kappa shape index (κ1) is 27.7. The van der Waals surface area contributed by atoms with Crippen LogP contribution in [0.4, 0.5) is 4.39 Å². The fourth-order valence-corrected chi connectivity index (χ4v) is 7.50. The Balaban J connectivity index is 1.15. The molecule has 3 aliphatic rings. The highest BCUT2D eigenvalue weighted by Crippen LogP contribution is 2.47. The van der Waals surface area contributed by atoms with E-state index in [4.69, 9.17) is 14.6 Å². The highest BCUT2D eigenvalue weighted by molar-refractivity contribution is 7.91. The summed E-state index contributed by atoms with van der Waals surface area (Å²) in [6.45, 7) is 0.0941. The average Bonchev–Trinajstić information content (AvgIpc) is 3.77. The number of sulfone groups is 1. The van der Waals surface area contributed by atoms with E-state index >= 15 is 4.39 Å². The van der Waals surface area contributed by atoms with Gasteiger partial charge in [0.1, 0.15) is 36.1 Å². The van der Waals surface area contributed by atoms with E-state index in [0.717, 1.165) is 47.1 Å². The van der Waals surface area contributed by atoms with Gasteiger partial charge in [-0.25, -0.2) is 12.8 Å². The number of aryl methyl sites for hydroxylation is 2. The van der Waals surface area contributed by atoms with Gasteiger partial charge in [-0.05, 0) is 109 Å². The summed E-state index contributed by atoms with van der Waals surface area (Å²) < 4.78 is 50.4. The normalized spacial score (nSPS) is 22.1. The Labute approximate surface area is 238 Å². The van der Waals surface area contributed by atoms with Gasteiger partial charge in [-0.1, -0.05) is 18.2 Å². The van der Waals surface area contributed by atoms with Crippen LogP contribution < -0.4 is 9.47 Å². The third-order valence-corrected chi connectivity index (χ3v) is 10.3. The fourth-order valence-electron chi connectivity index (χ4n) is 5.91. The minimum Gasteiger partial charge on any atom is -0.491 e. The number of halogens is 1. The smallest absolute Gasteiger partial charge is 0.307 e. The number of hydrogen-bond donors (Lipinski definition) is 2. The second kappa shape index (κ2) is 10.8. The lowest BCUT2D eigenvalue weighted by molar-refractivity contribution is -0.138. The molecule has 2 N–H and O–H groups in total. The van der Waals surface area contributed by atoms with Gasteiger partial charge in [0.25, 0.3) is 0 Å². The highest BCUT2D eigenvalue weighted by Gasteiger charge is 2.44. The third kappa shape index (κ3) is 6.11. The second-order valence-corrected chi connectivity index (χ2v) is 13.9. The number of rotatable bonds is 8. The topological polar surface area (TPSA) is 110 Å². The molecule has 1 aliphatic heterocycles. The van der Waals surface area contributed by atoms with Crippen LogP contribution in [0.5, 0.6) is 11.5 Å². The van der Waals surface area contributed by atoms with Crippen molar-refractivity contribution < 1.29 is 37.3 Å². The van der Waals surface area contributed by atoms with Crippen LogP contribution in [0.25, 0.3) is 11.1 Å². The lowest BCUT2D eigenvalue weighted by Gasteiger charge is -2.31. The second-order valence-electron chi connectivity index (χ2n) is 11.6. The molecule has 3 aromatic carbocycles. The van der Waals surface area contributed by atoms with Gasteiger partial charge in [-0.2, -0.15) is 0 Å². The van der Waals surface area contributed by atoms with Gasteiger partial charge < -0.3 is 19.7 Å². The number of benzene rings is 3. The molecular weight excluding hydrogens is 547 g/mol. The number of aliphatic carboxylic acids is 1. The predicted octanol–water partition coefficient (Wildman–Crippen LogP) is 5.07. The summed E-state index contributed by atoms with van der Waals surface area (Å²) in [7, 11) is -3.08. The van der Waals surface area contributed by atoms with Crippen LogP contribution in [0.2, 0.25) is 0 Å². The Morgan fingerprint density at radius 3 is 2.29 bits per heavy atom. The Kier molecular flexibility index (Phi) is 7.28. The molecule has 6 rings (SSSR count). The first-order valence-electron chi connectivity index (χ1n) is 14.0. The van der Waals surface area contributed by atoms with E-state index in [1.807, 2.05) is 36.4 Å². The number of ether oxygens (including phenoxy) is 2. The zero-order valence-corrected chi connectivity index (χ0v) is 23.5. The Morgan fingerprint density at radius 2 is 1.61 bits per heavy atom. The summed E-state index contributed by atoms with van der Waals surface area (Å²) in [4.78, 5) is 11.1. The molecule has 1 saturated carbocycles. The molecule has 0 bridgehead atoms. The van der Waals surface area contributed by atoms with Crippen molar-refractivity contribution in [2.75, 3.05) is 18.1 Å². The van der Waals surface area contributed by atoms with Crippen LogP contribution in [0, 0.1) is 11.7 Å². The van der Waals surface area contributed by atoms with Crippen molar-refractivity contribution in [3.63, 3.8) is 0 Å². The minimum absolute atomic E-state index is 0.0323. The van der Waals surface area contributed by atoms with E-state index < -0.39 is 21.4 Å². The van der Waals surface area contributed by atoms with Crippen LogP contribution in [0.3, 0.4) is 0 Å². The maximum absolute atomic E-state index is 15.1. The van der Waals surface area contributed by atoms with Crippen LogP contribution in [0.1, 0.15) is 53.9 Å². The molecule has 1 saturated heterocycles. The fraction of sp³-hybridized carbons (Fsp3) is 0.406. The van der Waals surface area contributed by atoms with Crippen molar-refractivity contribution >= 4 is 15.8 Å². The molecule has 216 valence electrons. The Bertz CT molecular complexity index is 1570. The first-order valence-corrected chi connectivity index (χ1v) is 15.9. The van der Waals surface area contributed by atoms with Crippen molar-refractivity contribution in [2.45, 2.75) is 56.7 Å². The molecule has 0 aromatic heterocycles. The molecule has 0 spiro atoms. The minimum atomic E-state index is -3.08. The van der Waals surface area contributed by atoms with Crippen LogP contribution in [-0.4, -0.2) is 48.3 Å². The first-order chi connectivity index (χ1) is 19.6. The quantitative estimate of drug-likeness (QED) is 0.383. The SMILES string of the molecule is O=C(O)C1CC1c1ccc(OCc2cc3c(cc2F)CCCc2cc(OCC4(O)CCS(=O)(=O)CC4)ccc2-3)cc1. The van der Waals surface area contributed by atoms with E-state index in [2.05, 4.69) is 0 Å². The molecule has 0 radical (unpaired) electrons. The van der Waals surface area contributed by atoms with Gasteiger partial charge in [-0.15, -0.1) is 0 Å². The molecule has 9 heteroatoms. The number of fused-ring (bicyclic) bond motifs is 3. The molecule has 0 amide bonds. The molecule has 41 heavy (non-hydrogen) atoms. The summed E-state index contributed by atoms with van der Waals surface area (Å²) in [6.07, 6.45) is 3.38. The van der Waals surface area contributed by atoms with E-state index in [-0.39, 0.29) is 55.2 Å². The average molecular weight is 581 g/mol. The van der Waals surface area contributed by atoms with Crippen molar-refractivity contribution in [3.8, 4) is 22.6 Å². The number of carboxylic acid groups (broad SMARTS) is 1. The summed E-state index contributed by atoms with van der Waals surface area (Å²) in [5.74, 6) is -0.203. The van der Waals surface area contributed by atoms with E-state index in [9.17, 15) is 18.3 Å². The lowest BCUT2D eigenvalue weighted by atomic mass is 9.94. The molecular formula is C32H33FO7S. The molecule has 2 unspecified atom stereocenters. The number of carbonyl (C=O) groups is 1. The lowest BCUT2D eigenvalue weighted by Crippen LogP contribution is -2.43. The third-order valence-electron chi connectivity index (χ3n) is 8.61. The highest BCUT2D eigenvalue weighted by atomic mass is 32.2. The van der Waals surface area contributed by atoms with Crippen molar-refractivity contribution in [2.24, 2.45) is 5.92 Å². The maximum Gasteiger partial charge on any atom is 0.307 e. The van der Waals surface area contributed by atoms with Gasteiger partial charge in [0, 0.05) is 5.56 Å². The molecule has 7 nitrogen and oxygen atoms in total. The van der Waals surface area contributed by atoms with Crippen molar-refractivity contribution in [1.82, 2.24) is 0 Å². The number of hydrogen-bond acceptors (Lipinski definition) is 6. The summed E-state index contributed by atoms with van der Waals surface area (Å²) in [5.41, 5.74) is 4.26. The standard InChI is InChI=1S/C32H33FO7S/c33-30-16-22-3-1-2-21-14-25(40-19-32(36)10-12-41(37,38)13-11-32)8-9-26(21)27(22)15-23(30)18-39-24-6-4-20(5-7-24)28-17-29(28)31(34)35/h4-9,14-16,28-29,36H,1-3,10-13,17-19H2,(H,34,35). The monoisotopic (exact) mass is 580 g/mol. The Morgan fingerprint density at radius 1 is 0.927 bits per heavy atom. The summed E-state index contributed by atoms with van der Waals surface area (Å²) in [5, 5.41) is 19.9. The summed E-state index contributed by atoms with van der Waals surface area (Å²) >= 11 is 0. The van der Waals surface area contributed by atoms with Crippen molar-refractivity contribution in [3.05, 3.63) is 82.7 Å². The van der Waals surface area contributed by atoms with Crippen molar-refractivity contribution in [1.29, 1.82) is 0 Å². The summed E-state index contributed by atoms with van der Waals surface area (Å²) in [6, 6.07) is 16.6. The number of carboxylic acids is 1. The molecule has 2 fully saturated rings. The van der Waals surface area contributed by atoms with Crippen LogP contribution in [0.15, 0.2) is 54.6 Å². The zero-order chi connectivity index (χ0) is 28.8. The van der Waals surface area contributed by atoms with Gasteiger partial charge in [0.2, 0.25) is 0 Å². The zero-order valence-electron chi connectivity index (χ0n) is 22.6.